The first kappa shape index (κ1) is 11.2. The number of rotatable bonds is 2. The monoisotopic (exact) mass is 235 g/mol. The second-order valence-corrected chi connectivity index (χ2v) is 3.36. The van der Waals surface area contributed by atoms with Crippen LogP contribution < -0.4 is 0 Å². The van der Waals surface area contributed by atoms with Crippen LogP contribution in [0.3, 0.4) is 0 Å². The number of aromatic carboxylic acids is 1. The molecule has 1 N–H and O–H groups in total. The van der Waals surface area contributed by atoms with Crippen molar-refractivity contribution < 1.29 is 18.7 Å². The minimum atomic E-state index is -1.40. The van der Waals surface area contributed by atoms with Gasteiger partial charge >= 0.3 is 5.97 Å². The number of halogens is 2. The Balaban J connectivity index is 2.67. The Kier molecular flexibility index (Phi) is 2.82. The number of carbonyl (C=O) groups is 1. The van der Waals surface area contributed by atoms with Gasteiger partial charge in [0.1, 0.15) is 17.2 Å². The summed E-state index contributed by atoms with van der Waals surface area (Å²) in [5.41, 5.74) is -0.161. The molecule has 0 fully saturated rings. The molecular weight excluding hydrogens is 228 g/mol. The second kappa shape index (κ2) is 4.29. The maximum Gasteiger partial charge on any atom is 0.339 e. The van der Waals surface area contributed by atoms with E-state index in [4.69, 9.17) is 5.11 Å². The van der Waals surface area contributed by atoms with Gasteiger partial charge in [0.05, 0.1) is 6.20 Å². The maximum absolute atomic E-state index is 13.4. The normalized spacial score (nSPS) is 10.2. The van der Waals surface area contributed by atoms with E-state index in [1.165, 1.54) is 18.3 Å². The summed E-state index contributed by atoms with van der Waals surface area (Å²) in [6, 6.07) is 4.92. The Morgan fingerprint density at radius 1 is 1.24 bits per heavy atom. The summed E-state index contributed by atoms with van der Waals surface area (Å²) in [4.78, 5) is 14.5. The van der Waals surface area contributed by atoms with E-state index in [1.54, 1.807) is 0 Å². The minimum Gasteiger partial charge on any atom is -0.478 e. The zero-order valence-electron chi connectivity index (χ0n) is 8.52. The zero-order chi connectivity index (χ0) is 12.4. The molecule has 1 aromatic heterocycles. The first-order valence-electron chi connectivity index (χ1n) is 4.72. The lowest BCUT2D eigenvalue weighted by atomic mass is 10.0. The lowest BCUT2D eigenvalue weighted by Gasteiger charge is -2.06. The summed E-state index contributed by atoms with van der Waals surface area (Å²) >= 11 is 0. The van der Waals surface area contributed by atoms with Crippen molar-refractivity contribution in [2.75, 3.05) is 0 Å². The van der Waals surface area contributed by atoms with Gasteiger partial charge in [0, 0.05) is 17.3 Å². The summed E-state index contributed by atoms with van der Waals surface area (Å²) in [6.07, 6.45) is 2.27. The highest BCUT2D eigenvalue weighted by molar-refractivity contribution is 5.96. The fraction of sp³-hybridized carbons (Fsp3) is 0. The molecule has 1 aromatic carbocycles. The molecule has 3 nitrogen and oxygen atoms in total. The smallest absolute Gasteiger partial charge is 0.339 e. The number of hydrogen-bond donors (Lipinski definition) is 1. The molecule has 0 spiro atoms. The first-order valence-corrected chi connectivity index (χ1v) is 4.72. The number of hydrogen-bond acceptors (Lipinski definition) is 2. The molecule has 2 rings (SSSR count). The van der Waals surface area contributed by atoms with Gasteiger partial charge in [-0.3, -0.25) is 4.98 Å². The van der Waals surface area contributed by atoms with Crippen molar-refractivity contribution in [1.29, 1.82) is 0 Å². The van der Waals surface area contributed by atoms with Gasteiger partial charge in [-0.05, 0) is 12.1 Å². The van der Waals surface area contributed by atoms with Gasteiger partial charge in [0.25, 0.3) is 0 Å². The number of carboxylic acids is 1. The number of aromatic nitrogens is 1. The summed E-state index contributed by atoms with van der Waals surface area (Å²) in [7, 11) is 0. The maximum atomic E-state index is 13.4. The van der Waals surface area contributed by atoms with Gasteiger partial charge in [-0.25, -0.2) is 13.6 Å². The van der Waals surface area contributed by atoms with Gasteiger partial charge in [-0.15, -0.1) is 0 Å². The molecule has 0 unspecified atom stereocenters. The SMILES string of the molecule is O=C(O)c1c(F)cccc1-c1cncc(F)c1. The largest absolute Gasteiger partial charge is 0.478 e. The molecule has 0 amide bonds. The van der Waals surface area contributed by atoms with Crippen LogP contribution in [0.4, 0.5) is 8.78 Å². The predicted molar refractivity (Wildman–Crippen MR) is 56.5 cm³/mol. The molecule has 0 saturated heterocycles. The fourth-order valence-corrected chi connectivity index (χ4v) is 1.54. The average Bonchev–Trinajstić information content (AvgIpc) is 2.28. The average molecular weight is 235 g/mol. The van der Waals surface area contributed by atoms with Gasteiger partial charge in [0.2, 0.25) is 0 Å². The molecule has 2 aromatic rings. The molecule has 0 bridgehead atoms. The molecule has 86 valence electrons. The van der Waals surface area contributed by atoms with Crippen LogP contribution in [0.25, 0.3) is 11.1 Å². The van der Waals surface area contributed by atoms with Gasteiger partial charge in [-0.1, -0.05) is 12.1 Å². The van der Waals surface area contributed by atoms with Crippen LogP contribution in [-0.2, 0) is 0 Å². The van der Waals surface area contributed by atoms with Crippen LogP contribution >= 0.6 is 0 Å². The van der Waals surface area contributed by atoms with Crippen molar-refractivity contribution in [2.24, 2.45) is 0 Å². The van der Waals surface area contributed by atoms with Crippen LogP contribution in [0, 0.1) is 11.6 Å². The Hall–Kier alpha value is -2.30. The van der Waals surface area contributed by atoms with Crippen molar-refractivity contribution in [3.05, 3.63) is 53.9 Å². The lowest BCUT2D eigenvalue weighted by Crippen LogP contribution is -2.03. The van der Waals surface area contributed by atoms with E-state index < -0.39 is 23.2 Å². The van der Waals surface area contributed by atoms with E-state index in [2.05, 4.69) is 4.98 Å². The van der Waals surface area contributed by atoms with E-state index in [0.717, 1.165) is 18.3 Å². The van der Waals surface area contributed by atoms with E-state index >= 15 is 0 Å². The summed E-state index contributed by atoms with van der Waals surface area (Å²) < 4.78 is 26.4. The highest BCUT2D eigenvalue weighted by atomic mass is 19.1. The van der Waals surface area contributed by atoms with Crippen LogP contribution in [0.15, 0.2) is 36.7 Å². The Labute approximate surface area is 95.4 Å². The van der Waals surface area contributed by atoms with Crippen LogP contribution in [0.5, 0.6) is 0 Å². The highest BCUT2D eigenvalue weighted by Gasteiger charge is 2.17. The molecule has 5 heteroatoms. The topological polar surface area (TPSA) is 50.2 Å². The van der Waals surface area contributed by atoms with Gasteiger partial charge < -0.3 is 5.11 Å². The zero-order valence-corrected chi connectivity index (χ0v) is 8.52. The van der Waals surface area contributed by atoms with E-state index in [-0.39, 0.29) is 11.1 Å². The van der Waals surface area contributed by atoms with E-state index in [1.807, 2.05) is 0 Å². The molecule has 1 heterocycles. The van der Waals surface area contributed by atoms with Crippen molar-refractivity contribution in [3.8, 4) is 11.1 Å². The van der Waals surface area contributed by atoms with E-state index in [0.29, 0.717) is 0 Å². The summed E-state index contributed by atoms with van der Waals surface area (Å²) in [6.45, 7) is 0. The lowest BCUT2D eigenvalue weighted by molar-refractivity contribution is 0.0693. The van der Waals surface area contributed by atoms with Crippen LogP contribution in [0.1, 0.15) is 10.4 Å². The molecule has 0 saturated carbocycles. The summed E-state index contributed by atoms with van der Waals surface area (Å²) in [5, 5.41) is 8.92. The van der Waals surface area contributed by atoms with Crippen LogP contribution in [0.2, 0.25) is 0 Å². The molecule has 17 heavy (non-hydrogen) atoms. The number of benzene rings is 1. The highest BCUT2D eigenvalue weighted by Crippen LogP contribution is 2.25. The molecule has 0 atom stereocenters. The van der Waals surface area contributed by atoms with Gasteiger partial charge in [-0.2, -0.15) is 0 Å². The van der Waals surface area contributed by atoms with Gasteiger partial charge in [0.15, 0.2) is 0 Å². The van der Waals surface area contributed by atoms with Crippen LogP contribution in [-0.4, -0.2) is 16.1 Å². The molecule has 0 radical (unpaired) electrons. The Morgan fingerprint density at radius 2 is 2.00 bits per heavy atom. The fourth-order valence-electron chi connectivity index (χ4n) is 1.54. The molecule has 0 aliphatic heterocycles. The third-order valence-electron chi connectivity index (χ3n) is 2.24. The third-order valence-corrected chi connectivity index (χ3v) is 2.24. The van der Waals surface area contributed by atoms with Crippen molar-refractivity contribution in [2.45, 2.75) is 0 Å². The minimum absolute atomic E-state index is 0.101. The Morgan fingerprint density at radius 3 is 2.65 bits per heavy atom. The number of nitrogens with zero attached hydrogens (tertiary/aromatic N) is 1. The number of carboxylic acid groups (broad SMARTS) is 1. The van der Waals surface area contributed by atoms with E-state index in [9.17, 15) is 13.6 Å². The Bertz CT molecular complexity index is 584. The number of pyridine rings is 1. The molecule has 0 aliphatic rings. The predicted octanol–water partition coefficient (Wildman–Crippen LogP) is 2.73. The quantitative estimate of drug-likeness (QED) is 0.870. The summed E-state index contributed by atoms with van der Waals surface area (Å²) in [5.74, 6) is -2.87. The van der Waals surface area contributed by atoms with Crippen molar-refractivity contribution in [3.63, 3.8) is 0 Å². The first-order chi connectivity index (χ1) is 8.09. The van der Waals surface area contributed by atoms with Crippen molar-refractivity contribution in [1.82, 2.24) is 4.98 Å². The molecular formula is C12H7F2NO2. The third kappa shape index (κ3) is 2.13. The second-order valence-electron chi connectivity index (χ2n) is 3.36. The van der Waals surface area contributed by atoms with Crippen molar-refractivity contribution >= 4 is 5.97 Å². The standard InChI is InChI=1S/C12H7F2NO2/c13-8-4-7(5-15-6-8)9-2-1-3-10(14)11(9)12(16)17/h1-6H,(H,16,17). The molecule has 0 aliphatic carbocycles.